The zero-order valence-electron chi connectivity index (χ0n) is 28.7. The fraction of sp³-hybridized carbons (Fsp3) is 0.744. The van der Waals surface area contributed by atoms with Gasteiger partial charge in [-0.25, -0.2) is 9.59 Å². The molecule has 9 atom stereocenters. The SMILES string of the molecule is CC1C(c2ccc(C(=O)O)cc2)=CCC2(C)C1CCC1(C)C2CCC2C3CCCC3(NC(=O)N3CCN(CCO)CC3)CC[C@]21C. The van der Waals surface area contributed by atoms with Crippen molar-refractivity contribution < 1.29 is 19.8 Å². The Kier molecular flexibility index (Phi) is 8.15. The lowest BCUT2D eigenvalue weighted by Gasteiger charge is -2.71. The average Bonchev–Trinajstić information content (AvgIpc) is 3.45. The highest BCUT2D eigenvalue weighted by Crippen LogP contribution is 2.75. The van der Waals surface area contributed by atoms with E-state index in [0.29, 0.717) is 41.7 Å². The first kappa shape index (κ1) is 32.2. The van der Waals surface area contributed by atoms with Gasteiger partial charge in [-0.1, -0.05) is 52.3 Å². The molecule has 5 fully saturated rings. The average molecular weight is 632 g/mol. The Bertz CT molecular complexity index is 1370. The fourth-order valence-electron chi connectivity index (χ4n) is 12.8. The zero-order valence-corrected chi connectivity index (χ0v) is 28.7. The summed E-state index contributed by atoms with van der Waals surface area (Å²) >= 11 is 0. The standard InChI is InChI=1S/C39H57N3O4/c1-26-29(27-7-9-28(10-8-27)34(44)45)13-16-36(2)30(26)14-17-38(4)33(36)12-11-31-32-6-5-15-39(32,19-18-37(31,38)3)40-35(46)42-22-20-41(21-23-42)24-25-43/h7-10,13,26,30-33,43H,5-6,11-12,14-25H2,1-4H3,(H,40,46)(H,44,45)/t26?,30?,31?,32?,33?,36?,37-,38?,39?/m1/s1. The first-order chi connectivity index (χ1) is 22.0. The molecule has 5 aliphatic carbocycles. The molecule has 0 aromatic heterocycles. The number of aliphatic hydroxyl groups excluding tert-OH is 1. The summed E-state index contributed by atoms with van der Waals surface area (Å²) in [4.78, 5) is 29.4. The van der Waals surface area contributed by atoms with Gasteiger partial charge in [-0.05, 0) is 127 Å². The summed E-state index contributed by atoms with van der Waals surface area (Å²) in [7, 11) is 0. The second-order valence-corrected chi connectivity index (χ2v) is 16.9. The first-order valence-corrected chi connectivity index (χ1v) is 18.4. The van der Waals surface area contributed by atoms with Crippen molar-refractivity contribution in [2.45, 2.75) is 97.4 Å². The molecule has 3 N–H and O–H groups in total. The van der Waals surface area contributed by atoms with Crippen LogP contribution >= 0.6 is 0 Å². The van der Waals surface area contributed by atoms with Gasteiger partial charge in [0.15, 0.2) is 0 Å². The highest BCUT2D eigenvalue weighted by Gasteiger charge is 2.68. The third-order valence-electron chi connectivity index (χ3n) is 15.5. The van der Waals surface area contributed by atoms with Crippen LogP contribution in [0.5, 0.6) is 0 Å². The zero-order chi connectivity index (χ0) is 32.5. The third kappa shape index (κ3) is 4.80. The largest absolute Gasteiger partial charge is 0.478 e. The Morgan fingerprint density at radius 1 is 0.870 bits per heavy atom. The number of rotatable bonds is 5. The second-order valence-electron chi connectivity index (χ2n) is 16.9. The molecule has 7 rings (SSSR count). The Morgan fingerprint density at radius 2 is 1.61 bits per heavy atom. The molecule has 46 heavy (non-hydrogen) atoms. The number of urea groups is 1. The van der Waals surface area contributed by atoms with E-state index in [2.05, 4.69) is 44.0 Å². The van der Waals surface area contributed by atoms with Crippen LogP contribution in [0.2, 0.25) is 0 Å². The predicted molar refractivity (Wildman–Crippen MR) is 181 cm³/mol. The number of carbonyl (C=O) groups is 2. The van der Waals surface area contributed by atoms with Crippen molar-refractivity contribution in [3.8, 4) is 0 Å². The third-order valence-corrected chi connectivity index (χ3v) is 15.5. The predicted octanol–water partition coefficient (Wildman–Crippen LogP) is 6.92. The number of benzene rings is 1. The summed E-state index contributed by atoms with van der Waals surface area (Å²) in [5.74, 6) is 2.14. The number of carbonyl (C=O) groups excluding carboxylic acids is 1. The molecule has 8 unspecified atom stereocenters. The number of allylic oxidation sites excluding steroid dienone is 2. The molecule has 7 nitrogen and oxygen atoms in total. The minimum absolute atomic E-state index is 0.0546. The molecule has 1 aromatic carbocycles. The van der Waals surface area contributed by atoms with Crippen molar-refractivity contribution in [3.63, 3.8) is 0 Å². The van der Waals surface area contributed by atoms with Crippen LogP contribution in [0.3, 0.4) is 0 Å². The van der Waals surface area contributed by atoms with Gasteiger partial charge in [-0.3, -0.25) is 4.90 Å². The highest BCUT2D eigenvalue weighted by atomic mass is 16.4. The van der Waals surface area contributed by atoms with E-state index < -0.39 is 5.97 Å². The van der Waals surface area contributed by atoms with Crippen LogP contribution in [-0.4, -0.2) is 76.9 Å². The van der Waals surface area contributed by atoms with E-state index in [0.717, 1.165) is 45.4 Å². The maximum Gasteiger partial charge on any atom is 0.335 e. The number of hydrogen-bond acceptors (Lipinski definition) is 4. The van der Waals surface area contributed by atoms with Gasteiger partial charge >= 0.3 is 12.0 Å². The lowest BCUT2D eigenvalue weighted by molar-refractivity contribution is -0.210. The van der Waals surface area contributed by atoms with E-state index >= 15 is 0 Å². The summed E-state index contributed by atoms with van der Waals surface area (Å²) in [6.07, 6.45) is 14.6. The molecule has 7 heteroatoms. The molecule has 0 bridgehead atoms. The summed E-state index contributed by atoms with van der Waals surface area (Å²) < 4.78 is 0. The van der Waals surface area contributed by atoms with Crippen LogP contribution in [0.1, 0.15) is 108 Å². The molecule has 1 aliphatic heterocycles. The van der Waals surface area contributed by atoms with E-state index in [1.54, 1.807) is 12.1 Å². The van der Waals surface area contributed by atoms with Crippen molar-refractivity contribution in [1.82, 2.24) is 15.1 Å². The van der Waals surface area contributed by atoms with E-state index in [1.165, 1.54) is 56.1 Å². The molecule has 2 amide bonds. The quantitative estimate of drug-likeness (QED) is 0.328. The molecular formula is C39H57N3O4. The lowest BCUT2D eigenvalue weighted by Crippen LogP contribution is -2.68. The van der Waals surface area contributed by atoms with Crippen LogP contribution in [0.15, 0.2) is 30.3 Å². The Balaban J connectivity index is 1.10. The van der Waals surface area contributed by atoms with Crippen LogP contribution in [0.25, 0.3) is 5.57 Å². The summed E-state index contributed by atoms with van der Waals surface area (Å²) in [5.41, 5.74) is 3.72. The van der Waals surface area contributed by atoms with E-state index in [-0.39, 0.29) is 34.4 Å². The van der Waals surface area contributed by atoms with Crippen molar-refractivity contribution in [3.05, 3.63) is 41.5 Å². The van der Waals surface area contributed by atoms with Gasteiger partial charge in [0.1, 0.15) is 0 Å². The van der Waals surface area contributed by atoms with Gasteiger partial charge in [0.2, 0.25) is 0 Å². The molecule has 1 saturated heterocycles. The van der Waals surface area contributed by atoms with Crippen molar-refractivity contribution in [2.75, 3.05) is 39.3 Å². The number of fused-ring (bicyclic) bond motifs is 7. The monoisotopic (exact) mass is 631 g/mol. The summed E-state index contributed by atoms with van der Waals surface area (Å²) in [6, 6.07) is 7.68. The van der Waals surface area contributed by atoms with Gasteiger partial charge in [-0.2, -0.15) is 0 Å². The number of hydrogen-bond donors (Lipinski definition) is 3. The number of β-amino-alcohol motifs (C(OH)–C–C–N with tert-alkyl or cyclic N) is 1. The van der Waals surface area contributed by atoms with E-state index in [1.807, 2.05) is 17.0 Å². The van der Waals surface area contributed by atoms with Crippen molar-refractivity contribution in [1.29, 1.82) is 0 Å². The molecule has 0 radical (unpaired) electrons. The fourth-order valence-corrected chi connectivity index (χ4v) is 12.8. The molecule has 6 aliphatic rings. The Labute approximate surface area is 276 Å². The van der Waals surface area contributed by atoms with Gasteiger partial charge in [0.05, 0.1) is 12.2 Å². The maximum absolute atomic E-state index is 13.7. The number of piperazine rings is 1. The Hall–Kier alpha value is -2.38. The van der Waals surface area contributed by atoms with Crippen molar-refractivity contribution in [2.24, 2.45) is 45.8 Å². The van der Waals surface area contributed by atoms with Crippen LogP contribution in [0.4, 0.5) is 4.79 Å². The van der Waals surface area contributed by atoms with Gasteiger partial charge < -0.3 is 20.4 Å². The minimum atomic E-state index is -0.867. The minimum Gasteiger partial charge on any atom is -0.478 e. The second kappa shape index (κ2) is 11.6. The summed E-state index contributed by atoms with van der Waals surface area (Å²) in [5, 5.41) is 22.4. The number of carboxylic acid groups (broad SMARTS) is 1. The topological polar surface area (TPSA) is 93.1 Å². The maximum atomic E-state index is 13.7. The van der Waals surface area contributed by atoms with Gasteiger partial charge in [-0.15, -0.1) is 0 Å². The number of carboxylic acids is 1. The number of aromatic carboxylic acids is 1. The summed E-state index contributed by atoms with van der Waals surface area (Å²) in [6.45, 7) is 14.4. The van der Waals surface area contributed by atoms with E-state index in [4.69, 9.17) is 0 Å². The van der Waals surface area contributed by atoms with Gasteiger partial charge in [0, 0.05) is 38.3 Å². The van der Waals surface area contributed by atoms with Gasteiger partial charge in [0.25, 0.3) is 0 Å². The van der Waals surface area contributed by atoms with Crippen molar-refractivity contribution >= 4 is 17.6 Å². The highest BCUT2D eigenvalue weighted by molar-refractivity contribution is 5.88. The van der Waals surface area contributed by atoms with Crippen LogP contribution in [-0.2, 0) is 0 Å². The number of nitrogens with one attached hydrogen (secondary N) is 1. The molecule has 0 spiro atoms. The molecule has 1 heterocycles. The van der Waals surface area contributed by atoms with Crippen LogP contribution in [0, 0.1) is 45.8 Å². The first-order valence-electron chi connectivity index (χ1n) is 18.4. The Morgan fingerprint density at radius 3 is 2.30 bits per heavy atom. The number of aliphatic hydroxyl groups is 1. The van der Waals surface area contributed by atoms with Crippen LogP contribution < -0.4 is 5.32 Å². The lowest BCUT2D eigenvalue weighted by atomic mass is 9.34. The molecule has 1 aromatic rings. The smallest absolute Gasteiger partial charge is 0.335 e. The number of amides is 2. The molecular weight excluding hydrogens is 574 g/mol. The molecule has 252 valence electrons. The van der Waals surface area contributed by atoms with E-state index in [9.17, 15) is 19.8 Å². The molecule has 4 saturated carbocycles. The normalized spacial score (nSPS) is 42.2. The number of nitrogens with zero attached hydrogens (tertiary/aromatic N) is 2.